The molecule has 2 N–H and O–H groups in total. The zero-order valence-corrected chi connectivity index (χ0v) is 7.56. The van der Waals surface area contributed by atoms with Gasteiger partial charge in [-0.3, -0.25) is 0 Å². The van der Waals surface area contributed by atoms with Gasteiger partial charge in [0.15, 0.2) is 11.6 Å². The number of nitrogens with two attached hydrogens (primary N) is 1. The van der Waals surface area contributed by atoms with E-state index in [4.69, 9.17) is 5.73 Å². The van der Waals surface area contributed by atoms with Crippen molar-refractivity contribution >= 4 is 5.82 Å². The van der Waals surface area contributed by atoms with Gasteiger partial charge in [-0.15, -0.1) is 0 Å². The first kappa shape index (κ1) is 8.97. The van der Waals surface area contributed by atoms with Crippen LogP contribution < -0.4 is 5.73 Å². The van der Waals surface area contributed by atoms with Crippen LogP contribution in [0.25, 0.3) is 0 Å². The number of nitrogen functional groups attached to an aromatic ring is 1. The van der Waals surface area contributed by atoms with Gasteiger partial charge in [-0.25, -0.2) is 9.37 Å². The molecule has 0 aliphatic carbocycles. The lowest BCUT2D eigenvalue weighted by atomic mass is 9.87. The molecule has 0 amide bonds. The molecular weight excluding hydrogens is 155 g/mol. The fourth-order valence-electron chi connectivity index (χ4n) is 1.04. The SMILES string of the molecule is CC(C)(C)c1ccnc(N)c1F. The van der Waals surface area contributed by atoms with Crippen molar-refractivity contribution in [2.45, 2.75) is 26.2 Å². The number of hydrogen-bond acceptors (Lipinski definition) is 2. The van der Waals surface area contributed by atoms with Crippen molar-refractivity contribution in [2.75, 3.05) is 5.73 Å². The predicted molar refractivity (Wildman–Crippen MR) is 47.3 cm³/mol. The zero-order chi connectivity index (χ0) is 9.35. The molecule has 0 aromatic carbocycles. The Hall–Kier alpha value is -1.12. The van der Waals surface area contributed by atoms with Crippen LogP contribution in [0.3, 0.4) is 0 Å². The van der Waals surface area contributed by atoms with Gasteiger partial charge in [-0.2, -0.15) is 0 Å². The summed E-state index contributed by atoms with van der Waals surface area (Å²) in [6.07, 6.45) is 1.53. The number of aromatic nitrogens is 1. The van der Waals surface area contributed by atoms with Gasteiger partial charge in [0, 0.05) is 6.20 Å². The fourth-order valence-corrected chi connectivity index (χ4v) is 1.04. The minimum absolute atomic E-state index is 0.0255. The van der Waals surface area contributed by atoms with E-state index in [0.717, 1.165) is 0 Å². The van der Waals surface area contributed by atoms with E-state index in [1.807, 2.05) is 20.8 Å². The molecule has 1 rings (SSSR count). The maximum atomic E-state index is 13.3. The normalized spacial score (nSPS) is 11.7. The summed E-state index contributed by atoms with van der Waals surface area (Å²) >= 11 is 0. The van der Waals surface area contributed by atoms with Crippen LogP contribution in [0.4, 0.5) is 10.2 Å². The standard InChI is InChI=1S/C9H13FN2/c1-9(2,3)6-4-5-12-8(11)7(6)10/h4-5H,1-3H3,(H2,11,12). The van der Waals surface area contributed by atoms with Crippen molar-refractivity contribution < 1.29 is 4.39 Å². The Balaban J connectivity index is 3.26. The lowest BCUT2D eigenvalue weighted by Gasteiger charge is -2.19. The Kier molecular flexibility index (Phi) is 2.04. The molecule has 0 bridgehead atoms. The molecule has 0 saturated carbocycles. The monoisotopic (exact) mass is 168 g/mol. The Morgan fingerprint density at radius 1 is 1.42 bits per heavy atom. The summed E-state index contributed by atoms with van der Waals surface area (Å²) in [7, 11) is 0. The minimum atomic E-state index is -0.398. The molecule has 0 saturated heterocycles. The maximum absolute atomic E-state index is 13.3. The first-order valence-electron chi connectivity index (χ1n) is 3.83. The predicted octanol–water partition coefficient (Wildman–Crippen LogP) is 2.10. The molecule has 1 heterocycles. The van der Waals surface area contributed by atoms with Crippen molar-refractivity contribution in [3.63, 3.8) is 0 Å². The van der Waals surface area contributed by atoms with E-state index in [0.29, 0.717) is 5.56 Å². The minimum Gasteiger partial charge on any atom is -0.381 e. The summed E-state index contributed by atoms with van der Waals surface area (Å²) in [6.45, 7) is 5.81. The molecule has 2 nitrogen and oxygen atoms in total. The van der Waals surface area contributed by atoms with Crippen molar-refractivity contribution in [1.29, 1.82) is 0 Å². The quantitative estimate of drug-likeness (QED) is 0.644. The molecule has 1 aromatic rings. The second-order valence-corrected chi connectivity index (χ2v) is 3.81. The molecule has 0 fully saturated rings. The highest BCUT2D eigenvalue weighted by molar-refractivity contribution is 5.37. The maximum Gasteiger partial charge on any atom is 0.168 e. The van der Waals surface area contributed by atoms with Gasteiger partial charge in [0.1, 0.15) is 0 Å². The Morgan fingerprint density at radius 2 is 2.00 bits per heavy atom. The molecule has 1 aromatic heterocycles. The fraction of sp³-hybridized carbons (Fsp3) is 0.444. The van der Waals surface area contributed by atoms with Crippen LogP contribution in [0.1, 0.15) is 26.3 Å². The Labute approximate surface area is 71.6 Å². The van der Waals surface area contributed by atoms with E-state index in [1.165, 1.54) is 6.20 Å². The summed E-state index contributed by atoms with van der Waals surface area (Å²) in [5.74, 6) is -0.424. The van der Waals surface area contributed by atoms with E-state index in [9.17, 15) is 4.39 Å². The Morgan fingerprint density at radius 3 is 2.42 bits per heavy atom. The third kappa shape index (κ3) is 1.55. The topological polar surface area (TPSA) is 38.9 Å². The zero-order valence-electron chi connectivity index (χ0n) is 7.56. The first-order chi connectivity index (χ1) is 5.43. The third-order valence-corrected chi connectivity index (χ3v) is 1.72. The van der Waals surface area contributed by atoms with E-state index in [1.54, 1.807) is 6.07 Å². The van der Waals surface area contributed by atoms with E-state index in [2.05, 4.69) is 4.98 Å². The number of anilines is 1. The third-order valence-electron chi connectivity index (χ3n) is 1.72. The molecule has 0 aliphatic heterocycles. The molecule has 0 radical (unpaired) electrons. The lowest BCUT2D eigenvalue weighted by molar-refractivity contribution is 0.522. The Bertz CT molecular complexity index is 289. The summed E-state index contributed by atoms with van der Waals surface area (Å²) in [5, 5.41) is 0. The highest BCUT2D eigenvalue weighted by Gasteiger charge is 2.19. The molecule has 0 spiro atoms. The van der Waals surface area contributed by atoms with Crippen LogP contribution in [0.5, 0.6) is 0 Å². The average molecular weight is 168 g/mol. The van der Waals surface area contributed by atoms with Crippen molar-refractivity contribution in [1.82, 2.24) is 4.98 Å². The van der Waals surface area contributed by atoms with E-state index < -0.39 is 5.82 Å². The average Bonchev–Trinajstić information content (AvgIpc) is 1.92. The molecule has 0 atom stereocenters. The molecule has 66 valence electrons. The van der Waals surface area contributed by atoms with Crippen LogP contribution in [-0.4, -0.2) is 4.98 Å². The number of hydrogen-bond donors (Lipinski definition) is 1. The summed E-state index contributed by atoms with van der Waals surface area (Å²) in [4.78, 5) is 3.66. The van der Waals surface area contributed by atoms with Gasteiger partial charge >= 0.3 is 0 Å². The van der Waals surface area contributed by atoms with Crippen molar-refractivity contribution in [2.24, 2.45) is 0 Å². The van der Waals surface area contributed by atoms with Gasteiger partial charge in [-0.1, -0.05) is 20.8 Å². The van der Waals surface area contributed by atoms with E-state index in [-0.39, 0.29) is 11.2 Å². The van der Waals surface area contributed by atoms with Crippen molar-refractivity contribution in [3.8, 4) is 0 Å². The van der Waals surface area contributed by atoms with Crippen molar-refractivity contribution in [3.05, 3.63) is 23.6 Å². The van der Waals surface area contributed by atoms with Gasteiger partial charge in [0.05, 0.1) is 0 Å². The van der Waals surface area contributed by atoms with Crippen LogP contribution in [0.15, 0.2) is 12.3 Å². The van der Waals surface area contributed by atoms with Gasteiger partial charge in [-0.05, 0) is 17.0 Å². The van der Waals surface area contributed by atoms with Crippen LogP contribution >= 0.6 is 0 Å². The second kappa shape index (κ2) is 2.73. The molecule has 3 heteroatoms. The molecule has 12 heavy (non-hydrogen) atoms. The lowest BCUT2D eigenvalue weighted by Crippen LogP contribution is -2.15. The second-order valence-electron chi connectivity index (χ2n) is 3.81. The smallest absolute Gasteiger partial charge is 0.168 e. The number of rotatable bonds is 0. The molecule has 0 aliphatic rings. The number of nitrogens with zero attached hydrogens (tertiary/aromatic N) is 1. The highest BCUT2D eigenvalue weighted by Crippen LogP contribution is 2.26. The van der Waals surface area contributed by atoms with Crippen LogP contribution in [0, 0.1) is 5.82 Å². The van der Waals surface area contributed by atoms with Gasteiger partial charge < -0.3 is 5.73 Å². The number of halogens is 1. The van der Waals surface area contributed by atoms with Gasteiger partial charge in [0.2, 0.25) is 0 Å². The first-order valence-corrected chi connectivity index (χ1v) is 3.83. The van der Waals surface area contributed by atoms with Crippen LogP contribution in [0.2, 0.25) is 0 Å². The van der Waals surface area contributed by atoms with Gasteiger partial charge in [0.25, 0.3) is 0 Å². The number of pyridine rings is 1. The van der Waals surface area contributed by atoms with Crippen LogP contribution in [-0.2, 0) is 5.41 Å². The molecular formula is C9H13FN2. The molecule has 0 unspecified atom stereocenters. The summed E-state index contributed by atoms with van der Waals surface area (Å²) in [5.41, 5.74) is 5.72. The van der Waals surface area contributed by atoms with E-state index >= 15 is 0 Å². The summed E-state index contributed by atoms with van der Waals surface area (Å²) < 4.78 is 13.3. The largest absolute Gasteiger partial charge is 0.381 e. The highest BCUT2D eigenvalue weighted by atomic mass is 19.1. The summed E-state index contributed by atoms with van der Waals surface area (Å²) in [6, 6.07) is 1.66.